The van der Waals surface area contributed by atoms with Crippen molar-refractivity contribution in [2.24, 2.45) is 5.41 Å². The highest BCUT2D eigenvalue weighted by Crippen LogP contribution is 2.36. The number of pyridine rings is 1. The molecule has 5 fully saturated rings. The number of carbonyl (C=O) groups excluding carboxylic acids is 3. The molecule has 0 radical (unpaired) electrons. The number of morpholine rings is 1. The van der Waals surface area contributed by atoms with E-state index in [0.29, 0.717) is 79.0 Å². The maximum atomic E-state index is 15.4. The molecular weight excluding hydrogens is 842 g/mol. The van der Waals surface area contributed by atoms with Crippen molar-refractivity contribution in [2.45, 2.75) is 95.9 Å². The number of halogens is 1. The van der Waals surface area contributed by atoms with Gasteiger partial charge in [-0.2, -0.15) is 15.5 Å². The van der Waals surface area contributed by atoms with Crippen molar-refractivity contribution in [3.05, 3.63) is 72.7 Å². The Bertz CT molecular complexity index is 2660. The Hall–Kier alpha value is -6.45. The molecule has 10 rings (SSSR count). The van der Waals surface area contributed by atoms with E-state index in [1.807, 2.05) is 35.6 Å². The van der Waals surface area contributed by atoms with Crippen LogP contribution in [0.25, 0.3) is 28.0 Å². The first kappa shape index (κ1) is 43.4. The highest BCUT2D eigenvalue weighted by molar-refractivity contribution is 6.01. The summed E-state index contributed by atoms with van der Waals surface area (Å²) in [5, 5.41) is 24.8. The minimum absolute atomic E-state index is 0.0421. The summed E-state index contributed by atoms with van der Waals surface area (Å²) in [6.07, 6.45) is 14.3. The van der Waals surface area contributed by atoms with E-state index in [1.54, 1.807) is 22.8 Å². The Morgan fingerprint density at radius 3 is 2.33 bits per heavy atom. The lowest BCUT2D eigenvalue weighted by atomic mass is 9.90. The second kappa shape index (κ2) is 17.7. The van der Waals surface area contributed by atoms with Gasteiger partial charge in [0.1, 0.15) is 34.8 Å². The minimum Gasteiger partial charge on any atom is -0.377 e. The molecule has 2 bridgehead atoms. The van der Waals surface area contributed by atoms with Gasteiger partial charge >= 0.3 is 0 Å². The van der Waals surface area contributed by atoms with E-state index in [4.69, 9.17) is 19.8 Å². The molecule has 3 atom stereocenters. The third kappa shape index (κ3) is 8.81. The molecule has 1 unspecified atom stereocenters. The van der Waals surface area contributed by atoms with Crippen LogP contribution in [0.1, 0.15) is 77.3 Å². The van der Waals surface area contributed by atoms with Gasteiger partial charge < -0.3 is 24.8 Å². The molecule has 4 aliphatic heterocycles. The first-order chi connectivity index (χ1) is 31.9. The van der Waals surface area contributed by atoms with Gasteiger partial charge in [0.15, 0.2) is 0 Å². The summed E-state index contributed by atoms with van der Waals surface area (Å²) >= 11 is 0. The van der Waals surface area contributed by atoms with Crippen LogP contribution in [0.4, 0.5) is 21.6 Å². The third-order valence-corrected chi connectivity index (χ3v) is 13.8. The number of piperidine rings is 1. The molecule has 344 valence electrons. The highest BCUT2D eigenvalue weighted by atomic mass is 19.1. The number of amides is 3. The lowest BCUT2D eigenvalue weighted by Crippen LogP contribution is -2.66. The normalized spacial score (nSPS) is 24.0. The Balaban J connectivity index is 0.769. The average molecular weight is 898 g/mol. The molecule has 1 aromatic carbocycles. The zero-order valence-electron chi connectivity index (χ0n) is 37.7. The molecule has 5 aromatic rings. The Labute approximate surface area is 382 Å². The molecule has 1 saturated carbocycles. The summed E-state index contributed by atoms with van der Waals surface area (Å²) in [6.45, 7) is 11.7. The molecule has 1 aliphatic carbocycles. The number of hydrogen-bond acceptors (Lipinski definition) is 13. The molecule has 0 spiro atoms. The van der Waals surface area contributed by atoms with E-state index in [-0.39, 0.29) is 53.5 Å². The molecule has 18 heteroatoms. The van der Waals surface area contributed by atoms with Crippen LogP contribution in [-0.2, 0) is 19.1 Å². The number of carbonyl (C=O) groups is 3. The lowest BCUT2D eigenvalue weighted by Gasteiger charge is -2.50. The number of anilines is 3. The van der Waals surface area contributed by atoms with Crippen LogP contribution < -0.4 is 20.4 Å². The summed E-state index contributed by atoms with van der Waals surface area (Å²) in [7, 11) is 0. The number of piperazine rings is 2. The van der Waals surface area contributed by atoms with Crippen molar-refractivity contribution in [1.82, 2.24) is 44.5 Å². The quantitative estimate of drug-likeness (QED) is 0.188. The maximum absolute atomic E-state index is 15.4. The first-order valence-electron chi connectivity index (χ1n) is 23.2. The largest absolute Gasteiger partial charge is 0.377 e. The monoisotopic (exact) mass is 897 g/mol. The number of ether oxygens (including phenoxy) is 1. The van der Waals surface area contributed by atoms with E-state index in [1.165, 1.54) is 6.07 Å². The molecule has 3 amide bonds. The average Bonchev–Trinajstić information content (AvgIpc) is 3.97. The summed E-state index contributed by atoms with van der Waals surface area (Å²) in [5.74, 6) is -0.00195. The van der Waals surface area contributed by atoms with Crippen LogP contribution in [0.2, 0.25) is 0 Å². The molecule has 4 aromatic heterocycles. The number of nitriles is 1. The number of hydrogen-bond donors (Lipinski definition) is 2. The predicted molar refractivity (Wildman–Crippen MR) is 245 cm³/mol. The number of rotatable bonds is 9. The first-order valence-corrected chi connectivity index (χ1v) is 23.2. The second-order valence-electron chi connectivity index (χ2n) is 19.6. The molecule has 2 N–H and O–H groups in total. The van der Waals surface area contributed by atoms with Gasteiger partial charge in [-0.3, -0.25) is 29.3 Å². The lowest BCUT2D eigenvalue weighted by molar-refractivity contribution is -0.149. The number of nitrogens with zero attached hydrogens (tertiary/aromatic N) is 11. The number of imide groups is 1. The maximum Gasteiger partial charge on any atom is 0.249 e. The fraction of sp³-hybridized carbons (Fsp3) is 0.500. The van der Waals surface area contributed by atoms with Crippen LogP contribution in [0.15, 0.2) is 61.3 Å². The van der Waals surface area contributed by atoms with Crippen molar-refractivity contribution in [2.75, 3.05) is 67.6 Å². The summed E-state index contributed by atoms with van der Waals surface area (Å²) in [5.41, 5.74) is 4.94. The number of nitrogens with one attached hydrogen (secondary N) is 2. The number of aromatic nitrogens is 6. The second-order valence-corrected chi connectivity index (χ2v) is 19.6. The molecule has 4 saturated heterocycles. The predicted octanol–water partition coefficient (Wildman–Crippen LogP) is 5.04. The van der Waals surface area contributed by atoms with Crippen LogP contribution in [0, 0.1) is 22.6 Å². The van der Waals surface area contributed by atoms with Gasteiger partial charge in [-0.05, 0) is 67.9 Å². The van der Waals surface area contributed by atoms with Gasteiger partial charge in [-0.15, -0.1) is 0 Å². The molecule has 8 heterocycles. The topological polar surface area (TPSA) is 182 Å². The minimum atomic E-state index is -0.562. The Morgan fingerprint density at radius 1 is 0.894 bits per heavy atom. The summed E-state index contributed by atoms with van der Waals surface area (Å²) in [4.78, 5) is 56.0. The van der Waals surface area contributed by atoms with Crippen molar-refractivity contribution in [1.29, 1.82) is 5.26 Å². The van der Waals surface area contributed by atoms with Crippen molar-refractivity contribution < 1.29 is 23.5 Å². The summed E-state index contributed by atoms with van der Waals surface area (Å²) < 4.78 is 25.0. The smallest absolute Gasteiger partial charge is 0.249 e. The SMILES string of the molecule is CC(C)(C)CC(=O)N1[C@@H]2COC[C@H]1CN(c1ccc(-c3nc(-c4cnn(C5CCC(N6CCN(c7ccc(NC8CCC(=O)NC8=O)cc7F)CC6)CC5)c4)cn4ncc(C#N)c34)cn1)C2. The fourth-order valence-electron chi connectivity index (χ4n) is 10.5. The zero-order chi connectivity index (χ0) is 45.7. The van der Waals surface area contributed by atoms with Crippen LogP contribution >= 0.6 is 0 Å². The number of fused-ring (bicyclic) bond motifs is 3. The zero-order valence-corrected chi connectivity index (χ0v) is 37.7. The van der Waals surface area contributed by atoms with Crippen molar-refractivity contribution >= 4 is 40.4 Å². The van der Waals surface area contributed by atoms with Gasteiger partial charge in [0.25, 0.3) is 0 Å². The fourth-order valence-corrected chi connectivity index (χ4v) is 10.5. The van der Waals surface area contributed by atoms with E-state index in [2.05, 4.69) is 68.2 Å². The van der Waals surface area contributed by atoms with Gasteiger partial charge in [-0.25, -0.2) is 18.9 Å². The van der Waals surface area contributed by atoms with Gasteiger partial charge in [-0.1, -0.05) is 20.8 Å². The Kier molecular flexibility index (Phi) is 11.7. The van der Waals surface area contributed by atoms with E-state index < -0.39 is 6.04 Å². The summed E-state index contributed by atoms with van der Waals surface area (Å²) in [6, 6.07) is 11.3. The van der Waals surface area contributed by atoms with Crippen LogP contribution in [0.5, 0.6) is 0 Å². The van der Waals surface area contributed by atoms with E-state index in [9.17, 15) is 19.6 Å². The highest BCUT2D eigenvalue weighted by Gasteiger charge is 2.42. The standard InChI is InChI=1S/C48H56FN13O4/c1-48(2,3)19-44(64)62-36-25-59(26-37(62)29-66-28-36)42-12-4-30(21-51-42)45-46-31(20-50)22-53-61(46)27-40(55-45)32-23-52-60(24-32)35-8-6-34(7-9-35)57-14-16-58(17-15-57)41-11-5-33(18-38(41)49)54-39-10-13-43(63)56-47(39)65/h4-5,11-12,18,21-24,27,34-37,39,54H,6-10,13-17,19,25-26,28-29H2,1-3H3,(H,56,63,65)/t34?,35?,36-,37+,39?. The van der Waals surface area contributed by atoms with Gasteiger partial charge in [0.05, 0.1) is 67.0 Å². The van der Waals surface area contributed by atoms with Gasteiger partial charge in [0.2, 0.25) is 17.7 Å². The molecule has 5 aliphatic rings. The van der Waals surface area contributed by atoms with E-state index >= 15 is 4.39 Å². The van der Waals surface area contributed by atoms with E-state index in [0.717, 1.165) is 68.8 Å². The van der Waals surface area contributed by atoms with Crippen molar-refractivity contribution in [3.8, 4) is 28.6 Å². The molecular formula is C48H56FN13O4. The third-order valence-electron chi connectivity index (χ3n) is 13.8. The van der Waals surface area contributed by atoms with Crippen LogP contribution in [0.3, 0.4) is 0 Å². The van der Waals surface area contributed by atoms with Crippen molar-refractivity contribution in [3.63, 3.8) is 0 Å². The van der Waals surface area contributed by atoms with Gasteiger partial charge in [0, 0.05) is 87.4 Å². The molecule has 66 heavy (non-hydrogen) atoms. The van der Waals surface area contributed by atoms with Crippen LogP contribution in [-0.4, -0.2) is 134 Å². The number of benzene rings is 1. The molecule has 17 nitrogen and oxygen atoms in total. The Morgan fingerprint density at radius 2 is 1.65 bits per heavy atom.